The summed E-state index contributed by atoms with van der Waals surface area (Å²) in [7, 11) is 1.91. The van der Waals surface area contributed by atoms with Crippen molar-refractivity contribution in [2.24, 2.45) is 5.73 Å². The van der Waals surface area contributed by atoms with Gasteiger partial charge in [-0.2, -0.15) is 0 Å². The highest BCUT2D eigenvalue weighted by atomic mass is 16.5. The molecule has 1 aromatic heterocycles. The Morgan fingerprint density at radius 1 is 1.12 bits per heavy atom. The molecule has 7 N–H and O–H groups in total. The van der Waals surface area contributed by atoms with Crippen LogP contribution in [0.25, 0.3) is 0 Å². The van der Waals surface area contributed by atoms with E-state index in [1.165, 1.54) is 6.07 Å². The molecule has 0 bridgehead atoms. The first kappa shape index (κ1) is 28.9. The molecule has 0 spiro atoms. The standard InChI is InChI=1S/C9H9NO2.C7H12N2O.C7H9N.CH3NO/c10-8(5-6-11)7-3-1-2-4-9(7)12;1-7(2,3)5-4-6(8)9-10-5;1-8-7-5-3-2-4-6-7;2-1-3/h1-4,6,10,12H,5H2;4H,1-3H3,(H2,8,9);2-6,8H,1H3;1H,(H2,2,3). The lowest BCUT2D eigenvalue weighted by molar-refractivity contribution is -0.107. The van der Waals surface area contributed by atoms with Crippen molar-refractivity contribution in [1.29, 1.82) is 5.41 Å². The van der Waals surface area contributed by atoms with Crippen molar-refractivity contribution in [1.82, 2.24) is 5.16 Å². The molecule has 178 valence electrons. The van der Waals surface area contributed by atoms with Crippen molar-refractivity contribution < 1.29 is 19.2 Å². The fraction of sp³-hybridized carbons (Fsp3) is 0.250. The van der Waals surface area contributed by atoms with Gasteiger partial charge in [-0.1, -0.05) is 56.3 Å². The quantitative estimate of drug-likeness (QED) is 0.295. The summed E-state index contributed by atoms with van der Waals surface area (Å²) in [6.45, 7) is 6.15. The van der Waals surface area contributed by atoms with Crippen LogP contribution in [0.5, 0.6) is 5.75 Å². The molecule has 0 fully saturated rings. The van der Waals surface area contributed by atoms with Gasteiger partial charge >= 0.3 is 0 Å². The fourth-order valence-electron chi connectivity index (χ4n) is 2.17. The van der Waals surface area contributed by atoms with Gasteiger partial charge in [0.1, 0.15) is 17.8 Å². The lowest BCUT2D eigenvalue weighted by Gasteiger charge is -2.11. The van der Waals surface area contributed by atoms with Crippen molar-refractivity contribution >= 4 is 29.9 Å². The number of aromatic nitrogens is 1. The van der Waals surface area contributed by atoms with E-state index >= 15 is 0 Å². The number of hydrogen-bond acceptors (Lipinski definition) is 8. The number of nitrogen functional groups attached to an aromatic ring is 1. The zero-order valence-corrected chi connectivity index (χ0v) is 19.4. The van der Waals surface area contributed by atoms with Crippen LogP contribution >= 0.6 is 0 Å². The zero-order valence-electron chi connectivity index (χ0n) is 19.4. The van der Waals surface area contributed by atoms with E-state index in [4.69, 9.17) is 20.5 Å². The van der Waals surface area contributed by atoms with E-state index in [1.807, 2.05) is 58.2 Å². The summed E-state index contributed by atoms with van der Waals surface area (Å²) >= 11 is 0. The van der Waals surface area contributed by atoms with Gasteiger partial charge in [-0.15, -0.1) is 0 Å². The Hall–Kier alpha value is -4.14. The maximum atomic E-state index is 10.1. The molecule has 9 heteroatoms. The molecule has 1 heterocycles. The topological polar surface area (TPSA) is 168 Å². The fourth-order valence-corrected chi connectivity index (χ4v) is 2.17. The van der Waals surface area contributed by atoms with Gasteiger partial charge in [0.15, 0.2) is 5.82 Å². The van der Waals surface area contributed by atoms with E-state index in [1.54, 1.807) is 24.3 Å². The van der Waals surface area contributed by atoms with Crippen LogP contribution in [-0.2, 0) is 15.0 Å². The number of aromatic hydroxyl groups is 1. The van der Waals surface area contributed by atoms with Crippen LogP contribution in [0, 0.1) is 5.41 Å². The zero-order chi connectivity index (χ0) is 25.3. The smallest absolute Gasteiger partial charge is 0.204 e. The molecule has 0 aliphatic heterocycles. The van der Waals surface area contributed by atoms with Gasteiger partial charge in [0, 0.05) is 41.9 Å². The average molecular weight is 456 g/mol. The summed E-state index contributed by atoms with van der Waals surface area (Å²) in [6.07, 6.45) is 0.937. The predicted octanol–water partition coefficient (Wildman–Crippen LogP) is 3.73. The summed E-state index contributed by atoms with van der Waals surface area (Å²) < 4.78 is 4.95. The van der Waals surface area contributed by atoms with Gasteiger partial charge in [-0.25, -0.2) is 0 Å². The number of hydrogen-bond donors (Lipinski definition) is 5. The maximum Gasteiger partial charge on any atom is 0.204 e. The van der Waals surface area contributed by atoms with Gasteiger partial charge in [0.2, 0.25) is 6.41 Å². The Kier molecular flexibility index (Phi) is 13.7. The number of primary amides is 1. The van der Waals surface area contributed by atoms with Gasteiger partial charge < -0.3 is 36.6 Å². The van der Waals surface area contributed by atoms with Crippen LogP contribution < -0.4 is 16.8 Å². The molecular formula is C24H33N5O4. The molecule has 0 aliphatic rings. The lowest BCUT2D eigenvalue weighted by Crippen LogP contribution is -2.09. The van der Waals surface area contributed by atoms with Crippen molar-refractivity contribution in [3.63, 3.8) is 0 Å². The molecule has 2 aromatic carbocycles. The number of carbonyl (C=O) groups excluding carboxylic acids is 2. The van der Waals surface area contributed by atoms with Crippen LogP contribution in [0.1, 0.15) is 38.5 Å². The van der Waals surface area contributed by atoms with Crippen LogP contribution in [0.2, 0.25) is 0 Å². The molecule has 1 amide bonds. The third kappa shape index (κ3) is 12.3. The number of nitrogens with zero attached hydrogens (tertiary/aromatic N) is 1. The molecule has 0 saturated heterocycles. The monoisotopic (exact) mass is 455 g/mol. The molecule has 0 atom stereocenters. The Morgan fingerprint density at radius 2 is 1.67 bits per heavy atom. The molecule has 3 aromatic rings. The molecule has 33 heavy (non-hydrogen) atoms. The first-order valence-corrected chi connectivity index (χ1v) is 10.0. The van der Waals surface area contributed by atoms with Crippen molar-refractivity contribution in [2.75, 3.05) is 18.1 Å². The second-order valence-corrected chi connectivity index (χ2v) is 7.48. The second kappa shape index (κ2) is 15.6. The van der Waals surface area contributed by atoms with Crippen molar-refractivity contribution in [3.05, 3.63) is 72.0 Å². The number of anilines is 2. The number of carbonyl (C=O) groups is 2. The largest absolute Gasteiger partial charge is 0.507 e. The van der Waals surface area contributed by atoms with Gasteiger partial charge in [-0.05, 0) is 24.3 Å². The highest BCUT2D eigenvalue weighted by Gasteiger charge is 2.18. The minimum Gasteiger partial charge on any atom is -0.507 e. The summed E-state index contributed by atoms with van der Waals surface area (Å²) in [5.41, 5.74) is 11.3. The Labute approximate surface area is 194 Å². The van der Waals surface area contributed by atoms with E-state index in [-0.39, 0.29) is 29.7 Å². The third-order valence-electron chi connectivity index (χ3n) is 3.85. The van der Waals surface area contributed by atoms with Crippen molar-refractivity contribution in [3.8, 4) is 5.75 Å². The second-order valence-electron chi connectivity index (χ2n) is 7.48. The van der Waals surface area contributed by atoms with Gasteiger partial charge in [0.25, 0.3) is 0 Å². The highest BCUT2D eigenvalue weighted by Crippen LogP contribution is 2.22. The number of amides is 1. The number of aldehydes is 1. The molecule has 0 unspecified atom stereocenters. The molecule has 9 nitrogen and oxygen atoms in total. The van der Waals surface area contributed by atoms with E-state index in [9.17, 15) is 9.90 Å². The van der Waals surface area contributed by atoms with Gasteiger partial charge in [-0.3, -0.25) is 4.79 Å². The molecule has 0 saturated carbocycles. The maximum absolute atomic E-state index is 10.1. The highest BCUT2D eigenvalue weighted by molar-refractivity contribution is 6.06. The summed E-state index contributed by atoms with van der Waals surface area (Å²) in [5, 5.41) is 23.2. The minimum atomic E-state index is 0.00458. The first-order valence-electron chi connectivity index (χ1n) is 10.0. The normalized spacial score (nSPS) is 9.45. The Morgan fingerprint density at radius 3 is 2.03 bits per heavy atom. The molecule has 0 radical (unpaired) electrons. The van der Waals surface area contributed by atoms with Crippen molar-refractivity contribution in [2.45, 2.75) is 32.6 Å². The summed E-state index contributed by atoms with van der Waals surface area (Å²) in [6, 6.07) is 18.3. The number of para-hydroxylation sites is 2. The number of benzene rings is 2. The Balaban J connectivity index is 0.000000446. The van der Waals surface area contributed by atoms with Gasteiger partial charge in [0.05, 0.1) is 0 Å². The first-order chi connectivity index (χ1) is 15.6. The van der Waals surface area contributed by atoms with E-state index in [0.717, 1.165) is 11.4 Å². The molecule has 3 rings (SSSR count). The van der Waals surface area contributed by atoms with E-state index in [0.29, 0.717) is 17.7 Å². The number of phenolic OH excluding ortho intramolecular Hbond substituents is 1. The SMILES string of the molecule is CC(C)(C)c1cc(N)no1.CNc1ccccc1.N=C(CC=O)c1ccccc1O.NC=O. The number of phenols is 1. The lowest BCUT2D eigenvalue weighted by atomic mass is 9.93. The van der Waals surface area contributed by atoms with E-state index < -0.39 is 0 Å². The number of nitrogens with two attached hydrogens (primary N) is 2. The summed E-state index contributed by atoms with van der Waals surface area (Å²) in [5.74, 6) is 1.32. The Bertz CT molecular complexity index is 966. The van der Waals surface area contributed by atoms with Crippen LogP contribution in [0.4, 0.5) is 11.5 Å². The number of nitrogens with one attached hydrogen (secondary N) is 2. The van der Waals surface area contributed by atoms with Crippen LogP contribution in [-0.4, -0.2) is 35.7 Å². The predicted molar refractivity (Wildman–Crippen MR) is 131 cm³/mol. The number of rotatable bonds is 4. The third-order valence-corrected chi connectivity index (χ3v) is 3.85. The molecule has 0 aliphatic carbocycles. The van der Waals surface area contributed by atoms with Crippen LogP contribution in [0.15, 0.2) is 65.2 Å². The van der Waals surface area contributed by atoms with E-state index in [2.05, 4.69) is 16.2 Å². The summed E-state index contributed by atoms with van der Waals surface area (Å²) in [4.78, 5) is 18.7. The van der Waals surface area contributed by atoms with Crippen LogP contribution in [0.3, 0.4) is 0 Å². The minimum absolute atomic E-state index is 0.00458. The molecular weight excluding hydrogens is 422 g/mol. The average Bonchev–Trinajstić information content (AvgIpc) is 3.23.